The van der Waals surface area contributed by atoms with E-state index in [0.717, 1.165) is 15.7 Å². The minimum absolute atomic E-state index is 0.240. The minimum atomic E-state index is -0.303. The number of nitrogens with one attached hydrogen (secondary N) is 1. The Morgan fingerprint density at radius 3 is 2.81 bits per heavy atom. The molecule has 1 aromatic carbocycles. The van der Waals surface area contributed by atoms with E-state index in [4.69, 9.17) is 4.74 Å². The zero-order valence-corrected chi connectivity index (χ0v) is 11.3. The van der Waals surface area contributed by atoms with E-state index in [1.807, 2.05) is 32.0 Å². The molecule has 4 heteroatoms. The topological polar surface area (TPSA) is 38.3 Å². The third-order valence-electron chi connectivity index (χ3n) is 2.42. The number of carbonyl (C=O) groups is 1. The van der Waals surface area contributed by atoms with Gasteiger partial charge in [0.05, 0.1) is 7.11 Å². The average molecular weight is 286 g/mol. The van der Waals surface area contributed by atoms with Crippen LogP contribution in [-0.2, 0) is 9.53 Å². The first-order valence-corrected chi connectivity index (χ1v) is 5.99. The molecule has 0 aliphatic rings. The molecule has 0 bridgehead atoms. The Hall–Kier alpha value is -1.03. The second-order valence-electron chi connectivity index (χ2n) is 3.56. The number of benzene rings is 1. The molecule has 16 heavy (non-hydrogen) atoms. The molecule has 3 nitrogen and oxygen atoms in total. The molecule has 0 saturated carbocycles. The zero-order valence-electron chi connectivity index (χ0n) is 9.71. The van der Waals surface area contributed by atoms with Crippen LogP contribution in [-0.4, -0.2) is 19.1 Å². The lowest BCUT2D eigenvalue weighted by Gasteiger charge is -2.17. The van der Waals surface area contributed by atoms with E-state index in [2.05, 4.69) is 21.2 Å². The molecule has 0 aromatic heterocycles. The van der Waals surface area contributed by atoms with Gasteiger partial charge in [-0.2, -0.15) is 0 Å². The van der Waals surface area contributed by atoms with E-state index in [1.165, 1.54) is 7.11 Å². The van der Waals surface area contributed by atoms with Gasteiger partial charge in [-0.05, 0) is 40.9 Å². The Bertz CT molecular complexity index is 379. The molecule has 0 heterocycles. The van der Waals surface area contributed by atoms with Gasteiger partial charge in [-0.3, -0.25) is 0 Å². The molecule has 0 saturated heterocycles. The van der Waals surface area contributed by atoms with Crippen molar-refractivity contribution in [2.24, 2.45) is 0 Å². The lowest BCUT2D eigenvalue weighted by atomic mass is 10.2. The fraction of sp³-hybridized carbons (Fsp3) is 0.417. The van der Waals surface area contributed by atoms with Crippen LogP contribution in [0.1, 0.15) is 18.9 Å². The zero-order chi connectivity index (χ0) is 12.1. The number of esters is 1. The quantitative estimate of drug-likeness (QED) is 0.864. The molecule has 1 aromatic rings. The van der Waals surface area contributed by atoms with Crippen molar-refractivity contribution >= 4 is 27.6 Å². The second-order valence-corrected chi connectivity index (χ2v) is 4.36. The summed E-state index contributed by atoms with van der Waals surface area (Å²) in [6, 6.07) is 5.59. The van der Waals surface area contributed by atoms with Gasteiger partial charge in [-0.15, -0.1) is 0 Å². The number of aryl methyl sites for hydroxylation is 1. The summed E-state index contributed by atoms with van der Waals surface area (Å²) in [5.41, 5.74) is 2.04. The maximum absolute atomic E-state index is 11.4. The van der Waals surface area contributed by atoms with Crippen molar-refractivity contribution in [1.82, 2.24) is 0 Å². The molecule has 0 aliphatic heterocycles. The number of ether oxygens (including phenoxy) is 1. The van der Waals surface area contributed by atoms with Crippen molar-refractivity contribution in [2.45, 2.75) is 26.3 Å². The van der Waals surface area contributed by atoms with Crippen molar-refractivity contribution in [3.05, 3.63) is 28.2 Å². The molecule has 88 valence electrons. The Labute approximate surface area is 104 Å². The lowest BCUT2D eigenvalue weighted by Crippen LogP contribution is -2.30. The first-order chi connectivity index (χ1) is 7.60. The molecule has 0 amide bonds. The van der Waals surface area contributed by atoms with Crippen LogP contribution >= 0.6 is 15.9 Å². The largest absolute Gasteiger partial charge is 0.467 e. The first-order valence-electron chi connectivity index (χ1n) is 5.19. The van der Waals surface area contributed by atoms with Gasteiger partial charge in [0, 0.05) is 10.2 Å². The molecule has 0 aliphatic carbocycles. The highest BCUT2D eigenvalue weighted by Crippen LogP contribution is 2.26. The van der Waals surface area contributed by atoms with Gasteiger partial charge < -0.3 is 10.1 Å². The number of hydrogen-bond donors (Lipinski definition) is 1. The van der Waals surface area contributed by atoms with Gasteiger partial charge in [0.15, 0.2) is 0 Å². The smallest absolute Gasteiger partial charge is 0.328 e. The number of rotatable bonds is 4. The summed E-state index contributed by atoms with van der Waals surface area (Å²) in [5, 5.41) is 3.17. The monoisotopic (exact) mass is 285 g/mol. The van der Waals surface area contributed by atoms with E-state index >= 15 is 0 Å². The molecule has 0 fully saturated rings. The van der Waals surface area contributed by atoms with Crippen LogP contribution in [0.2, 0.25) is 0 Å². The van der Waals surface area contributed by atoms with Crippen LogP contribution in [0, 0.1) is 6.92 Å². The summed E-state index contributed by atoms with van der Waals surface area (Å²) in [6.45, 7) is 3.95. The number of hydrogen-bond acceptors (Lipinski definition) is 3. The molecular formula is C12H16BrNO2. The number of methoxy groups -OCH3 is 1. The summed E-state index contributed by atoms with van der Waals surface area (Å²) >= 11 is 3.49. The van der Waals surface area contributed by atoms with Gasteiger partial charge in [0.25, 0.3) is 0 Å². The summed E-state index contributed by atoms with van der Waals surface area (Å²) in [4.78, 5) is 11.4. The van der Waals surface area contributed by atoms with Crippen LogP contribution in [0.25, 0.3) is 0 Å². The highest BCUT2D eigenvalue weighted by atomic mass is 79.9. The van der Waals surface area contributed by atoms with E-state index in [1.54, 1.807) is 0 Å². The van der Waals surface area contributed by atoms with Crippen molar-refractivity contribution in [1.29, 1.82) is 0 Å². The van der Waals surface area contributed by atoms with Gasteiger partial charge in [0.1, 0.15) is 6.04 Å². The Morgan fingerprint density at radius 1 is 1.56 bits per heavy atom. The molecule has 1 N–H and O–H groups in total. The van der Waals surface area contributed by atoms with Gasteiger partial charge in [-0.25, -0.2) is 4.79 Å². The number of carbonyl (C=O) groups excluding carboxylic acids is 1. The van der Waals surface area contributed by atoms with Crippen molar-refractivity contribution in [2.75, 3.05) is 12.4 Å². The summed E-state index contributed by atoms with van der Waals surface area (Å²) in [5.74, 6) is -0.240. The summed E-state index contributed by atoms with van der Waals surface area (Å²) in [6.07, 6.45) is 0.688. The average Bonchev–Trinajstić information content (AvgIpc) is 2.30. The first kappa shape index (κ1) is 13.0. The Morgan fingerprint density at radius 2 is 2.25 bits per heavy atom. The van der Waals surface area contributed by atoms with Crippen LogP contribution in [0.5, 0.6) is 0 Å². The number of halogens is 1. The predicted octanol–water partition coefficient (Wildman–Crippen LogP) is 3.12. The van der Waals surface area contributed by atoms with E-state index in [0.29, 0.717) is 6.42 Å². The molecule has 0 spiro atoms. The van der Waals surface area contributed by atoms with Gasteiger partial charge in [-0.1, -0.05) is 19.1 Å². The highest BCUT2D eigenvalue weighted by Gasteiger charge is 2.17. The van der Waals surface area contributed by atoms with Crippen molar-refractivity contribution in [3.63, 3.8) is 0 Å². The SMILES string of the molecule is CCC(Nc1cccc(C)c1Br)C(=O)OC. The van der Waals surface area contributed by atoms with Gasteiger partial charge >= 0.3 is 5.97 Å². The lowest BCUT2D eigenvalue weighted by molar-refractivity contribution is -0.141. The maximum atomic E-state index is 11.4. The third kappa shape index (κ3) is 2.98. The van der Waals surface area contributed by atoms with Crippen molar-refractivity contribution < 1.29 is 9.53 Å². The van der Waals surface area contributed by atoms with E-state index < -0.39 is 0 Å². The molecule has 0 radical (unpaired) electrons. The standard InChI is InChI=1S/C12H16BrNO2/c1-4-9(12(15)16-3)14-10-7-5-6-8(2)11(10)13/h5-7,9,14H,4H2,1-3H3. The van der Waals surface area contributed by atoms with E-state index in [-0.39, 0.29) is 12.0 Å². The van der Waals surface area contributed by atoms with Crippen LogP contribution < -0.4 is 5.32 Å². The van der Waals surface area contributed by atoms with Crippen LogP contribution in [0.4, 0.5) is 5.69 Å². The summed E-state index contributed by atoms with van der Waals surface area (Å²) < 4.78 is 5.71. The minimum Gasteiger partial charge on any atom is -0.467 e. The van der Waals surface area contributed by atoms with Crippen LogP contribution in [0.3, 0.4) is 0 Å². The van der Waals surface area contributed by atoms with E-state index in [9.17, 15) is 4.79 Å². The summed E-state index contributed by atoms with van der Waals surface area (Å²) in [7, 11) is 1.40. The highest BCUT2D eigenvalue weighted by molar-refractivity contribution is 9.10. The normalized spacial score (nSPS) is 12.0. The number of anilines is 1. The molecule has 1 rings (SSSR count). The second kappa shape index (κ2) is 5.89. The maximum Gasteiger partial charge on any atom is 0.328 e. The fourth-order valence-corrected chi connectivity index (χ4v) is 1.80. The predicted molar refractivity (Wildman–Crippen MR) is 68.6 cm³/mol. The Balaban J connectivity index is 2.86. The van der Waals surface area contributed by atoms with Gasteiger partial charge in [0.2, 0.25) is 0 Å². The Kier molecular flexibility index (Phi) is 4.80. The molecular weight excluding hydrogens is 270 g/mol. The fourth-order valence-electron chi connectivity index (χ4n) is 1.42. The van der Waals surface area contributed by atoms with Crippen LogP contribution in [0.15, 0.2) is 22.7 Å². The molecule has 1 atom stereocenters. The van der Waals surface area contributed by atoms with Crippen molar-refractivity contribution in [3.8, 4) is 0 Å². The molecule has 1 unspecified atom stereocenters. The third-order valence-corrected chi connectivity index (χ3v) is 3.47.